The molecule has 3 aromatic rings. The van der Waals surface area contributed by atoms with Gasteiger partial charge in [-0.2, -0.15) is 0 Å². The molecule has 2 aromatic carbocycles. The Bertz CT molecular complexity index is 913. The third kappa shape index (κ3) is 5.32. The molecule has 146 valence electrons. The summed E-state index contributed by atoms with van der Waals surface area (Å²) in [5, 5.41) is 8.16. The number of rotatable bonds is 9. The molecule has 1 atom stereocenters. The summed E-state index contributed by atoms with van der Waals surface area (Å²) < 4.78 is 29.5. The van der Waals surface area contributed by atoms with Crippen LogP contribution >= 0.6 is 11.8 Å². The van der Waals surface area contributed by atoms with Crippen molar-refractivity contribution >= 4 is 17.5 Å². The summed E-state index contributed by atoms with van der Waals surface area (Å²) >= 11 is 1.16. The van der Waals surface area contributed by atoms with E-state index in [9.17, 15) is 9.18 Å². The van der Waals surface area contributed by atoms with Crippen LogP contribution in [0.4, 0.5) is 4.39 Å². The molecule has 0 saturated heterocycles. The Morgan fingerprint density at radius 1 is 1.11 bits per heavy atom. The average molecular weight is 402 g/mol. The van der Waals surface area contributed by atoms with Gasteiger partial charge in [-0.1, -0.05) is 11.8 Å². The molecule has 1 heterocycles. The summed E-state index contributed by atoms with van der Waals surface area (Å²) in [5.74, 6) is 1.27. The quantitative estimate of drug-likeness (QED) is 0.379. The lowest BCUT2D eigenvalue weighted by Crippen LogP contribution is -2.03. The van der Waals surface area contributed by atoms with E-state index >= 15 is 0 Å². The van der Waals surface area contributed by atoms with E-state index in [0.29, 0.717) is 17.9 Å². The van der Waals surface area contributed by atoms with Crippen molar-refractivity contribution in [3.63, 3.8) is 0 Å². The topological polar surface area (TPSA) is 74.5 Å². The zero-order valence-electron chi connectivity index (χ0n) is 15.4. The Hall–Kier alpha value is -2.87. The minimum Gasteiger partial charge on any atom is -0.494 e. The number of carbonyl (C=O) groups excluding carboxylic acids is 1. The molecule has 0 saturated carbocycles. The van der Waals surface area contributed by atoms with Crippen LogP contribution in [0, 0.1) is 5.82 Å². The van der Waals surface area contributed by atoms with Gasteiger partial charge in [-0.25, -0.2) is 4.39 Å². The monoisotopic (exact) mass is 402 g/mol. The second-order valence-corrected chi connectivity index (χ2v) is 6.72. The van der Waals surface area contributed by atoms with Crippen LogP contribution < -0.4 is 9.47 Å². The van der Waals surface area contributed by atoms with Gasteiger partial charge in [0.05, 0.1) is 12.4 Å². The molecule has 0 fully saturated rings. The molecule has 0 spiro atoms. The first kappa shape index (κ1) is 19.9. The first-order valence-electron chi connectivity index (χ1n) is 8.69. The van der Waals surface area contributed by atoms with Crippen LogP contribution in [0.2, 0.25) is 0 Å². The maximum atomic E-state index is 12.9. The van der Waals surface area contributed by atoms with Gasteiger partial charge in [0.15, 0.2) is 11.9 Å². The molecule has 6 nitrogen and oxygen atoms in total. The normalized spacial score (nSPS) is 11.8. The van der Waals surface area contributed by atoms with Crippen molar-refractivity contribution in [3.8, 4) is 11.5 Å². The molecule has 0 aliphatic carbocycles. The predicted molar refractivity (Wildman–Crippen MR) is 102 cm³/mol. The summed E-state index contributed by atoms with van der Waals surface area (Å²) in [6.45, 7) is 4.22. The van der Waals surface area contributed by atoms with E-state index in [1.54, 1.807) is 31.2 Å². The third-order valence-corrected chi connectivity index (χ3v) is 4.53. The highest BCUT2D eigenvalue weighted by atomic mass is 32.2. The van der Waals surface area contributed by atoms with E-state index in [1.807, 2.05) is 6.92 Å². The van der Waals surface area contributed by atoms with Crippen LogP contribution in [0.3, 0.4) is 0 Å². The first-order valence-corrected chi connectivity index (χ1v) is 9.68. The lowest BCUT2D eigenvalue weighted by atomic mass is 10.1. The van der Waals surface area contributed by atoms with Crippen LogP contribution in [0.15, 0.2) is 58.2 Å². The smallest absolute Gasteiger partial charge is 0.277 e. The van der Waals surface area contributed by atoms with Crippen molar-refractivity contribution in [2.75, 3.05) is 12.4 Å². The number of hydrogen-bond acceptors (Lipinski definition) is 7. The summed E-state index contributed by atoms with van der Waals surface area (Å²) in [6.07, 6.45) is -0.505. The molecule has 0 N–H and O–H groups in total. The van der Waals surface area contributed by atoms with Crippen molar-refractivity contribution in [3.05, 3.63) is 65.8 Å². The fourth-order valence-electron chi connectivity index (χ4n) is 2.33. The number of aromatic nitrogens is 2. The molecule has 0 radical (unpaired) electrons. The highest BCUT2D eigenvalue weighted by molar-refractivity contribution is 7.99. The lowest BCUT2D eigenvalue weighted by molar-refractivity contribution is 0.102. The molecule has 28 heavy (non-hydrogen) atoms. The van der Waals surface area contributed by atoms with Gasteiger partial charge in [-0.05, 0) is 62.4 Å². The summed E-state index contributed by atoms with van der Waals surface area (Å²) in [6, 6.07) is 12.6. The number of ketones is 1. The molecule has 1 aromatic heterocycles. The van der Waals surface area contributed by atoms with Crippen LogP contribution in [0.25, 0.3) is 0 Å². The van der Waals surface area contributed by atoms with Crippen molar-refractivity contribution in [2.24, 2.45) is 0 Å². The standard InChI is InChI=1S/C20H19FN2O4S/c1-3-25-16-8-4-14(5-9-16)18(24)12-28-20-23-22-19(27-20)13(2)26-17-10-6-15(21)7-11-17/h4-11,13H,3,12H2,1-2H3/t13-/m1/s1. The molecule has 0 amide bonds. The number of Topliss-reactive ketones (excluding diaryl/α,β-unsaturated/α-hetero) is 1. The molecule has 0 aliphatic rings. The third-order valence-electron chi connectivity index (χ3n) is 3.71. The predicted octanol–water partition coefficient (Wildman–Crippen LogP) is 4.72. The van der Waals surface area contributed by atoms with Crippen molar-refractivity contribution in [2.45, 2.75) is 25.2 Å². The molecule has 0 aliphatic heterocycles. The van der Waals surface area contributed by atoms with E-state index in [2.05, 4.69) is 10.2 Å². The van der Waals surface area contributed by atoms with Crippen molar-refractivity contribution in [1.29, 1.82) is 0 Å². The summed E-state index contributed by atoms with van der Waals surface area (Å²) in [5.41, 5.74) is 0.587. The number of nitrogens with zero attached hydrogens (tertiary/aromatic N) is 2. The van der Waals surface area contributed by atoms with Gasteiger partial charge in [0.1, 0.15) is 17.3 Å². The van der Waals surface area contributed by atoms with Crippen LogP contribution in [-0.4, -0.2) is 28.3 Å². The largest absolute Gasteiger partial charge is 0.494 e. The van der Waals surface area contributed by atoms with Crippen LogP contribution in [0.5, 0.6) is 11.5 Å². The molecule has 3 rings (SSSR count). The highest BCUT2D eigenvalue weighted by Crippen LogP contribution is 2.25. The second-order valence-electron chi connectivity index (χ2n) is 5.79. The zero-order valence-corrected chi connectivity index (χ0v) is 16.2. The summed E-state index contributed by atoms with van der Waals surface area (Å²) in [4.78, 5) is 12.3. The van der Waals surface area contributed by atoms with E-state index in [1.165, 1.54) is 24.3 Å². The Kier molecular flexibility index (Phi) is 6.65. The molecule has 0 unspecified atom stereocenters. The fraction of sp³-hybridized carbons (Fsp3) is 0.250. The minimum absolute atomic E-state index is 0.0524. The van der Waals surface area contributed by atoms with Gasteiger partial charge in [0, 0.05) is 5.56 Å². The Balaban J connectivity index is 1.53. The summed E-state index contributed by atoms with van der Waals surface area (Å²) in [7, 11) is 0. The number of thioether (sulfide) groups is 1. The minimum atomic E-state index is -0.505. The molecular weight excluding hydrogens is 383 g/mol. The van der Waals surface area contributed by atoms with E-state index in [-0.39, 0.29) is 28.5 Å². The molecule has 0 bridgehead atoms. The second kappa shape index (κ2) is 9.36. The van der Waals surface area contributed by atoms with E-state index in [0.717, 1.165) is 17.5 Å². The van der Waals surface area contributed by atoms with Gasteiger partial charge >= 0.3 is 0 Å². The van der Waals surface area contributed by atoms with Gasteiger partial charge in [0.25, 0.3) is 11.1 Å². The van der Waals surface area contributed by atoms with Crippen LogP contribution in [0.1, 0.15) is 36.2 Å². The number of hydrogen-bond donors (Lipinski definition) is 0. The van der Waals surface area contributed by atoms with Crippen LogP contribution in [-0.2, 0) is 0 Å². The maximum Gasteiger partial charge on any atom is 0.277 e. The van der Waals surface area contributed by atoms with Gasteiger partial charge in [-0.15, -0.1) is 10.2 Å². The SMILES string of the molecule is CCOc1ccc(C(=O)CSc2nnc([C@@H](C)Oc3ccc(F)cc3)o2)cc1. The fourth-order valence-corrected chi connectivity index (χ4v) is 2.99. The Morgan fingerprint density at radius 2 is 1.79 bits per heavy atom. The molecular formula is C20H19FN2O4S. The van der Waals surface area contributed by atoms with E-state index < -0.39 is 6.10 Å². The number of halogens is 1. The van der Waals surface area contributed by atoms with Gasteiger partial charge < -0.3 is 13.9 Å². The number of ether oxygens (including phenoxy) is 2. The Labute approximate surface area is 166 Å². The lowest BCUT2D eigenvalue weighted by Gasteiger charge is -2.10. The van der Waals surface area contributed by atoms with Gasteiger partial charge in [-0.3, -0.25) is 4.79 Å². The van der Waals surface area contributed by atoms with Crippen molar-refractivity contribution in [1.82, 2.24) is 10.2 Å². The first-order chi connectivity index (χ1) is 13.5. The molecule has 8 heteroatoms. The highest BCUT2D eigenvalue weighted by Gasteiger charge is 2.17. The van der Waals surface area contributed by atoms with E-state index in [4.69, 9.17) is 13.9 Å². The van der Waals surface area contributed by atoms with Crippen molar-refractivity contribution < 1.29 is 23.1 Å². The maximum absolute atomic E-state index is 12.9. The van der Waals surface area contributed by atoms with Gasteiger partial charge in [0.2, 0.25) is 0 Å². The Morgan fingerprint density at radius 3 is 2.46 bits per heavy atom. The number of carbonyl (C=O) groups is 1. The zero-order chi connectivity index (χ0) is 19.9. The average Bonchev–Trinajstić information content (AvgIpc) is 3.18. The number of benzene rings is 2.